The second kappa shape index (κ2) is 50.9. The Kier molecular flexibility index (Phi) is 49.8. The van der Waals surface area contributed by atoms with E-state index in [9.17, 15) is 4.79 Å². The Bertz CT molecular complexity index is 710. The molecule has 0 spiro atoms. The molecule has 0 saturated carbocycles. The molecule has 0 aromatic heterocycles. The Morgan fingerprint density at radius 2 is 0.527 bits per heavy atom. The fourth-order valence-corrected chi connectivity index (χ4v) is 4.18. The van der Waals surface area contributed by atoms with Gasteiger partial charge in [-0.1, -0.05) is 32.6 Å². The van der Waals surface area contributed by atoms with Crippen molar-refractivity contribution >= 4 is 5.97 Å². The number of hydrogen-bond donors (Lipinski definition) is 1. The first-order valence-corrected chi connectivity index (χ1v) is 20.2. The van der Waals surface area contributed by atoms with E-state index >= 15 is 0 Å². The van der Waals surface area contributed by atoms with Crippen LogP contribution in [0.1, 0.15) is 45.4 Å². The molecule has 1 N–H and O–H groups in total. The fourth-order valence-electron chi connectivity index (χ4n) is 4.18. The van der Waals surface area contributed by atoms with Crippen LogP contribution >= 0.6 is 0 Å². The van der Waals surface area contributed by atoms with E-state index < -0.39 is 0 Å². The number of unbranched alkanes of at least 4 members (excludes halogenated alkanes) is 4. The molecule has 0 fully saturated rings. The highest BCUT2D eigenvalue weighted by Gasteiger charge is 2.03. The lowest BCUT2D eigenvalue weighted by atomic mass is 10.1. The fraction of sp³-hybridized carbons (Fsp3) is 0.974. The standard InChI is InChI=1S/C38H76O17/c1-2-3-4-5-6-7-38(40)55-37-36-54-35-34-53-33-32-52-31-30-51-29-28-50-27-26-49-25-24-48-23-22-47-21-20-46-19-18-45-17-16-44-15-14-43-13-12-42-11-10-41-9-8-39/h39H,2-37H2,1H3. The maximum Gasteiger partial charge on any atom is 0.305 e. The van der Waals surface area contributed by atoms with Gasteiger partial charge in [0.2, 0.25) is 0 Å². The van der Waals surface area contributed by atoms with Crippen molar-refractivity contribution in [2.75, 3.05) is 198 Å². The van der Waals surface area contributed by atoms with Gasteiger partial charge in [0.25, 0.3) is 0 Å². The van der Waals surface area contributed by atoms with E-state index in [1.807, 2.05) is 0 Å². The summed E-state index contributed by atoms with van der Waals surface area (Å²) in [5.74, 6) is -0.151. The second-order valence-corrected chi connectivity index (χ2v) is 11.7. The van der Waals surface area contributed by atoms with Crippen LogP contribution < -0.4 is 0 Å². The summed E-state index contributed by atoms with van der Waals surface area (Å²) in [5, 5.41) is 8.59. The lowest BCUT2D eigenvalue weighted by Gasteiger charge is -2.09. The highest BCUT2D eigenvalue weighted by Crippen LogP contribution is 2.05. The minimum absolute atomic E-state index is 0.0210. The number of ether oxygens (including phenoxy) is 15. The lowest BCUT2D eigenvalue weighted by Crippen LogP contribution is -2.16. The summed E-state index contributed by atoms with van der Waals surface area (Å²) >= 11 is 0. The summed E-state index contributed by atoms with van der Waals surface area (Å²) < 4.78 is 81.2. The quantitative estimate of drug-likeness (QED) is 0.0699. The van der Waals surface area contributed by atoms with Gasteiger partial charge in [-0.3, -0.25) is 4.79 Å². The van der Waals surface area contributed by atoms with Crippen LogP contribution in [0.25, 0.3) is 0 Å². The van der Waals surface area contributed by atoms with Gasteiger partial charge in [-0.15, -0.1) is 0 Å². The molecule has 330 valence electrons. The normalized spacial score (nSPS) is 11.5. The molecular weight excluding hydrogens is 728 g/mol. The highest BCUT2D eigenvalue weighted by atomic mass is 16.6. The average Bonchev–Trinajstić information content (AvgIpc) is 3.19. The van der Waals surface area contributed by atoms with Crippen molar-refractivity contribution in [1.82, 2.24) is 0 Å². The van der Waals surface area contributed by atoms with Crippen molar-refractivity contribution < 1.29 is 81.0 Å². The molecule has 0 amide bonds. The van der Waals surface area contributed by atoms with Crippen LogP contribution in [0, 0.1) is 0 Å². The summed E-state index contributed by atoms with van der Waals surface area (Å²) in [4.78, 5) is 11.6. The van der Waals surface area contributed by atoms with Gasteiger partial charge >= 0.3 is 5.97 Å². The number of aliphatic hydroxyl groups is 1. The minimum atomic E-state index is -0.151. The Morgan fingerprint density at radius 3 is 0.764 bits per heavy atom. The summed E-state index contributed by atoms with van der Waals surface area (Å²) in [5.41, 5.74) is 0. The van der Waals surface area contributed by atoms with Gasteiger partial charge in [-0.25, -0.2) is 0 Å². The van der Waals surface area contributed by atoms with E-state index in [1.54, 1.807) is 0 Å². The molecule has 0 aliphatic carbocycles. The first kappa shape index (κ1) is 53.9. The van der Waals surface area contributed by atoms with E-state index in [4.69, 9.17) is 76.2 Å². The molecule has 0 radical (unpaired) electrons. The maximum atomic E-state index is 11.6. The Balaban J connectivity index is 3.08. The van der Waals surface area contributed by atoms with Crippen LogP contribution in [-0.2, 0) is 75.8 Å². The predicted molar refractivity (Wildman–Crippen MR) is 203 cm³/mol. The summed E-state index contributed by atoms with van der Waals surface area (Å²) in [7, 11) is 0. The lowest BCUT2D eigenvalue weighted by molar-refractivity contribution is -0.145. The van der Waals surface area contributed by atoms with Gasteiger partial charge in [0.05, 0.1) is 192 Å². The molecule has 0 aliphatic heterocycles. The number of rotatable bonds is 50. The van der Waals surface area contributed by atoms with Crippen LogP contribution in [0.3, 0.4) is 0 Å². The van der Waals surface area contributed by atoms with E-state index in [0.29, 0.717) is 191 Å². The molecule has 55 heavy (non-hydrogen) atoms. The molecule has 0 saturated heterocycles. The predicted octanol–water partition coefficient (Wildman–Crippen LogP) is 2.11. The number of carbonyl (C=O) groups is 1. The Labute approximate surface area is 330 Å². The van der Waals surface area contributed by atoms with E-state index in [0.717, 1.165) is 12.8 Å². The van der Waals surface area contributed by atoms with Gasteiger partial charge < -0.3 is 76.2 Å². The van der Waals surface area contributed by atoms with Gasteiger partial charge in [0.1, 0.15) is 6.61 Å². The molecule has 0 aliphatic rings. The maximum absolute atomic E-state index is 11.6. The second-order valence-electron chi connectivity index (χ2n) is 11.7. The van der Waals surface area contributed by atoms with Crippen molar-refractivity contribution in [3.8, 4) is 0 Å². The van der Waals surface area contributed by atoms with Crippen molar-refractivity contribution in [3.63, 3.8) is 0 Å². The third-order valence-corrected chi connectivity index (χ3v) is 7.05. The van der Waals surface area contributed by atoms with Crippen molar-refractivity contribution in [2.24, 2.45) is 0 Å². The number of esters is 1. The van der Waals surface area contributed by atoms with Gasteiger partial charge in [-0.05, 0) is 6.42 Å². The monoisotopic (exact) mass is 805 g/mol. The molecule has 0 atom stereocenters. The van der Waals surface area contributed by atoms with E-state index in [2.05, 4.69) is 6.92 Å². The molecule has 0 unspecified atom stereocenters. The zero-order valence-electron chi connectivity index (χ0n) is 33.9. The smallest absolute Gasteiger partial charge is 0.305 e. The Hall–Kier alpha value is -1.13. The highest BCUT2D eigenvalue weighted by molar-refractivity contribution is 5.69. The largest absolute Gasteiger partial charge is 0.463 e. The molecular formula is C38H76O17. The zero-order valence-corrected chi connectivity index (χ0v) is 33.9. The SMILES string of the molecule is CCCCCCCC(=O)OCCOCCOCCOCCOCCOCCOCCOCCOCCOCCOCCOCCOCCOCCOCCO. The Morgan fingerprint density at radius 1 is 0.309 bits per heavy atom. The number of hydrogen-bond acceptors (Lipinski definition) is 17. The number of carbonyl (C=O) groups excluding carboxylic acids is 1. The van der Waals surface area contributed by atoms with E-state index in [-0.39, 0.29) is 19.2 Å². The molecule has 0 aromatic rings. The van der Waals surface area contributed by atoms with E-state index in [1.165, 1.54) is 19.3 Å². The van der Waals surface area contributed by atoms with Crippen LogP contribution in [0.2, 0.25) is 0 Å². The summed E-state index contributed by atoms with van der Waals surface area (Å²) in [6.07, 6.45) is 6.05. The number of aliphatic hydroxyl groups excluding tert-OH is 1. The minimum Gasteiger partial charge on any atom is -0.463 e. The van der Waals surface area contributed by atoms with Crippen molar-refractivity contribution in [2.45, 2.75) is 45.4 Å². The average molecular weight is 805 g/mol. The van der Waals surface area contributed by atoms with Crippen molar-refractivity contribution in [3.05, 3.63) is 0 Å². The van der Waals surface area contributed by atoms with Crippen molar-refractivity contribution in [1.29, 1.82) is 0 Å². The van der Waals surface area contributed by atoms with Crippen LogP contribution in [0.5, 0.6) is 0 Å². The molecule has 17 nitrogen and oxygen atoms in total. The summed E-state index contributed by atoms with van der Waals surface area (Å²) in [6, 6.07) is 0. The molecule has 0 bridgehead atoms. The zero-order chi connectivity index (χ0) is 39.6. The van der Waals surface area contributed by atoms with Gasteiger partial charge in [0, 0.05) is 6.42 Å². The topological polar surface area (TPSA) is 176 Å². The molecule has 17 heteroatoms. The van der Waals surface area contributed by atoms with Gasteiger partial charge in [0.15, 0.2) is 0 Å². The molecule has 0 aromatic carbocycles. The molecule has 0 rings (SSSR count). The first-order valence-electron chi connectivity index (χ1n) is 20.2. The van der Waals surface area contributed by atoms with Crippen LogP contribution in [-0.4, -0.2) is 209 Å². The van der Waals surface area contributed by atoms with Gasteiger partial charge in [-0.2, -0.15) is 0 Å². The summed E-state index contributed by atoms with van der Waals surface area (Å²) in [6.45, 7) is 15.9. The third-order valence-electron chi connectivity index (χ3n) is 7.05. The molecule has 0 heterocycles. The van der Waals surface area contributed by atoms with Crippen LogP contribution in [0.4, 0.5) is 0 Å². The first-order chi connectivity index (χ1) is 27.3. The van der Waals surface area contributed by atoms with Crippen LogP contribution in [0.15, 0.2) is 0 Å². The third kappa shape index (κ3) is 50.9.